The number of aromatic carboxylic acids is 1. The smallest absolute Gasteiger partial charge is 0.336 e. The Morgan fingerprint density at radius 1 is 0.845 bits per heavy atom. The van der Waals surface area contributed by atoms with Gasteiger partial charge in [0, 0.05) is 75.3 Å². The molecule has 0 fully saturated rings. The Morgan fingerprint density at radius 3 is 1.93 bits per heavy atom. The van der Waals surface area contributed by atoms with Crippen molar-refractivity contribution in [3.8, 4) is 11.5 Å². The first-order chi connectivity index (χ1) is 27.5. The second-order valence-corrected chi connectivity index (χ2v) is 14.3. The molecule has 4 atom stereocenters. The largest absolute Gasteiger partial charge is 0.478 e. The van der Waals surface area contributed by atoms with Crippen molar-refractivity contribution in [2.75, 3.05) is 51.1 Å². The Morgan fingerprint density at radius 2 is 1.43 bits per heavy atom. The van der Waals surface area contributed by atoms with Crippen molar-refractivity contribution < 1.29 is 54.6 Å². The van der Waals surface area contributed by atoms with Crippen LogP contribution in [0.3, 0.4) is 0 Å². The Hall–Kier alpha value is -5.95. The number of carbonyl (C=O) groups excluding carboxylic acids is 1. The van der Waals surface area contributed by atoms with E-state index in [9.17, 15) is 45.0 Å². The highest BCUT2D eigenvalue weighted by molar-refractivity contribution is 7.80. The molecule has 3 aromatic rings. The van der Waals surface area contributed by atoms with Crippen molar-refractivity contribution in [3.05, 3.63) is 112 Å². The summed E-state index contributed by atoms with van der Waals surface area (Å²) >= 11 is 5.66. The van der Waals surface area contributed by atoms with Crippen molar-refractivity contribution in [1.82, 2.24) is 10.4 Å². The summed E-state index contributed by atoms with van der Waals surface area (Å²) in [5.41, 5.74) is 4.64. The number of thiocarbonyl (C=S) groups is 1. The standard InChI is InChI=1S/C41H45N5O11S/c1-22(48)42-32(37(50)38(51)33(49)20-47)19-46(56-21-23-6-8-24(9-7-23)39(52)53)41(58)43-25-10-13-28(31(16-25)40(54)55)36-29-14-11-26(44(2)3)17-34(29)57-35-18-27(45(4)5)12-15-30(35)36/h6-18,32-33,37-38,47,49-51H,19-21H2,1-5H3,(H,42,48)(H,52,53)(H,54,55)/b43-25-/t32-,33+,37+,38+/m0/s1. The number of aliphatic carboxylic acids is 1. The molecule has 1 amide bonds. The molecule has 0 saturated carbocycles. The minimum atomic E-state index is -1.90. The monoisotopic (exact) mass is 815 g/mol. The summed E-state index contributed by atoms with van der Waals surface area (Å²) < 4.78 is 6.40. The molecule has 0 spiro atoms. The van der Waals surface area contributed by atoms with Gasteiger partial charge in [0.2, 0.25) is 11.0 Å². The number of ether oxygens (including phenoxy) is 1. The van der Waals surface area contributed by atoms with Gasteiger partial charge in [-0.05, 0) is 71.9 Å². The zero-order valence-corrected chi connectivity index (χ0v) is 33.2. The van der Waals surface area contributed by atoms with Gasteiger partial charge in [-0.25, -0.2) is 19.6 Å². The van der Waals surface area contributed by atoms with Crippen LogP contribution in [-0.2, 0) is 21.0 Å². The summed E-state index contributed by atoms with van der Waals surface area (Å²) in [7, 11) is 7.61. The highest BCUT2D eigenvalue weighted by Crippen LogP contribution is 2.48. The molecular formula is C41H45N5O11S. The van der Waals surface area contributed by atoms with E-state index >= 15 is 0 Å². The third-order valence-corrected chi connectivity index (χ3v) is 9.64. The van der Waals surface area contributed by atoms with E-state index in [1.54, 1.807) is 12.2 Å². The highest BCUT2D eigenvalue weighted by Gasteiger charge is 2.34. The van der Waals surface area contributed by atoms with E-state index < -0.39 is 55.4 Å². The lowest BCUT2D eigenvalue weighted by Crippen LogP contribution is -2.57. The van der Waals surface area contributed by atoms with Crippen molar-refractivity contribution in [2.45, 2.75) is 37.9 Å². The van der Waals surface area contributed by atoms with Gasteiger partial charge in [0.15, 0.2) is 0 Å². The molecule has 58 heavy (non-hydrogen) atoms. The number of carboxylic acids is 2. The molecule has 0 unspecified atom stereocenters. The summed E-state index contributed by atoms with van der Waals surface area (Å²) in [4.78, 5) is 50.9. The summed E-state index contributed by atoms with van der Waals surface area (Å²) in [6, 6.07) is 15.7. The third kappa shape index (κ3) is 9.94. The van der Waals surface area contributed by atoms with Gasteiger partial charge < -0.3 is 50.5 Å². The lowest BCUT2D eigenvalue weighted by Gasteiger charge is -2.33. The Balaban J connectivity index is 1.56. The molecule has 1 heterocycles. The number of carboxylic acid groups (broad SMARTS) is 2. The number of aliphatic hydroxyl groups excluding tert-OH is 4. The second kappa shape index (κ2) is 18.5. The summed E-state index contributed by atoms with van der Waals surface area (Å²) in [6.45, 7) is -0.379. The average Bonchev–Trinajstić information content (AvgIpc) is 3.19. The van der Waals surface area contributed by atoms with Crippen LogP contribution in [0, 0.1) is 0 Å². The normalized spacial score (nSPS) is 15.9. The first kappa shape index (κ1) is 43.2. The number of nitrogens with one attached hydrogen (secondary N) is 1. The van der Waals surface area contributed by atoms with Crippen LogP contribution in [0.2, 0.25) is 0 Å². The number of hydrogen-bond donors (Lipinski definition) is 7. The van der Waals surface area contributed by atoms with Crippen LogP contribution < -0.4 is 19.9 Å². The topological polar surface area (TPSA) is 225 Å². The summed E-state index contributed by atoms with van der Waals surface area (Å²) in [6.07, 6.45) is -0.954. The number of hydroxylamine groups is 2. The molecule has 17 heteroatoms. The predicted molar refractivity (Wildman–Crippen MR) is 220 cm³/mol. The number of hydrogen-bond acceptors (Lipinski definition) is 12. The molecular weight excluding hydrogens is 771 g/mol. The Kier molecular flexibility index (Phi) is 13.8. The van der Waals surface area contributed by atoms with Gasteiger partial charge in [-0.1, -0.05) is 18.2 Å². The zero-order chi connectivity index (χ0) is 42.4. The van der Waals surface area contributed by atoms with E-state index in [4.69, 9.17) is 21.8 Å². The van der Waals surface area contributed by atoms with Crippen LogP contribution in [-0.4, -0.2) is 130 Å². The molecule has 16 nitrogen and oxygen atoms in total. The lowest BCUT2D eigenvalue weighted by atomic mass is 9.84. The minimum Gasteiger partial charge on any atom is -0.478 e. The number of benzene rings is 3. The van der Waals surface area contributed by atoms with Gasteiger partial charge in [-0.2, -0.15) is 0 Å². The maximum Gasteiger partial charge on any atom is 0.336 e. The average molecular weight is 816 g/mol. The van der Waals surface area contributed by atoms with Crippen LogP contribution in [0.4, 0.5) is 11.4 Å². The fourth-order valence-corrected chi connectivity index (χ4v) is 6.44. The number of allylic oxidation sites excluding steroid dienone is 3. The van der Waals surface area contributed by atoms with Crippen LogP contribution in [0.25, 0.3) is 5.57 Å². The van der Waals surface area contributed by atoms with Crippen LogP contribution in [0.1, 0.15) is 34.0 Å². The fraction of sp³-hybridized carbons (Fsp3) is 0.293. The number of aliphatic hydroxyl groups is 4. The molecule has 0 radical (unpaired) electrons. The molecule has 5 rings (SSSR count). The van der Waals surface area contributed by atoms with Gasteiger partial charge in [-0.3, -0.25) is 9.63 Å². The SMILES string of the molecule is CC(=O)N[C@@H](CN(OCc1ccc(C(=O)O)cc1)C(=S)/N=C1/C=CC(=C2c3ccc(N(C)C)cc3Oc3cc(N(C)C)ccc32)C(C(=O)O)=C1)[C@@H](O)[C@H](O)[C@H](O)CO. The molecule has 1 aliphatic heterocycles. The van der Waals surface area contributed by atoms with Gasteiger partial charge in [-0.15, -0.1) is 0 Å². The molecule has 1 aliphatic carbocycles. The minimum absolute atomic E-state index is 0.0385. The van der Waals surface area contributed by atoms with Crippen LogP contribution >= 0.6 is 12.2 Å². The van der Waals surface area contributed by atoms with Crippen molar-refractivity contribution >= 4 is 57.8 Å². The first-order valence-corrected chi connectivity index (χ1v) is 18.4. The van der Waals surface area contributed by atoms with E-state index in [0.29, 0.717) is 39.3 Å². The van der Waals surface area contributed by atoms with Gasteiger partial charge in [0.1, 0.15) is 36.4 Å². The molecule has 0 bridgehead atoms. The zero-order valence-electron chi connectivity index (χ0n) is 32.4. The molecule has 3 aromatic carbocycles. The van der Waals surface area contributed by atoms with E-state index in [1.165, 1.54) is 30.3 Å². The number of anilines is 2. The predicted octanol–water partition coefficient (Wildman–Crippen LogP) is 2.74. The van der Waals surface area contributed by atoms with E-state index in [0.717, 1.165) is 23.4 Å². The van der Waals surface area contributed by atoms with Gasteiger partial charge in [0.25, 0.3) is 0 Å². The number of aliphatic imine (C=N–C) groups is 1. The second-order valence-electron chi connectivity index (χ2n) is 13.9. The fourth-order valence-electron chi connectivity index (χ4n) is 6.21. The Labute approximate surface area is 339 Å². The molecule has 0 saturated heterocycles. The van der Waals surface area contributed by atoms with Crippen molar-refractivity contribution in [1.29, 1.82) is 0 Å². The Bertz CT molecular complexity index is 2140. The van der Waals surface area contributed by atoms with Gasteiger partial charge >= 0.3 is 11.9 Å². The van der Waals surface area contributed by atoms with E-state index in [-0.39, 0.29) is 28.6 Å². The third-order valence-electron chi connectivity index (χ3n) is 9.35. The van der Waals surface area contributed by atoms with Gasteiger partial charge in [0.05, 0.1) is 36.0 Å². The number of nitrogens with zero attached hydrogens (tertiary/aromatic N) is 4. The van der Waals surface area contributed by atoms with Crippen molar-refractivity contribution in [2.24, 2.45) is 4.99 Å². The molecule has 2 aliphatic rings. The van der Waals surface area contributed by atoms with Crippen LogP contribution in [0.5, 0.6) is 11.5 Å². The highest BCUT2D eigenvalue weighted by atomic mass is 32.1. The maximum absolute atomic E-state index is 13.0. The lowest BCUT2D eigenvalue weighted by molar-refractivity contribution is -0.140. The maximum atomic E-state index is 13.0. The van der Waals surface area contributed by atoms with E-state index in [2.05, 4.69) is 10.3 Å². The number of fused-ring (bicyclic) bond motifs is 2. The van der Waals surface area contributed by atoms with Crippen molar-refractivity contribution in [3.63, 3.8) is 0 Å². The van der Waals surface area contributed by atoms with Crippen LogP contribution in [0.15, 0.2) is 95.0 Å². The number of carbonyl (C=O) groups is 3. The number of rotatable bonds is 14. The molecule has 306 valence electrons. The molecule has 0 aromatic heterocycles. The number of amides is 1. The quantitative estimate of drug-likeness (QED) is 0.0718. The summed E-state index contributed by atoms with van der Waals surface area (Å²) in [5, 5.41) is 64.0. The molecule has 7 N–H and O–H groups in total. The summed E-state index contributed by atoms with van der Waals surface area (Å²) in [5.74, 6) is -1.93. The van der Waals surface area contributed by atoms with E-state index in [1.807, 2.05) is 74.4 Å². The first-order valence-electron chi connectivity index (χ1n) is 18.0.